The Morgan fingerprint density at radius 3 is 2.38 bits per heavy atom. The van der Waals surface area contributed by atoms with Gasteiger partial charge in [0.1, 0.15) is 6.61 Å². The van der Waals surface area contributed by atoms with Gasteiger partial charge < -0.3 is 14.0 Å². The molecule has 7 nitrogen and oxygen atoms in total. The quantitative estimate of drug-likeness (QED) is 0.334. The van der Waals surface area contributed by atoms with Gasteiger partial charge in [-0.25, -0.2) is 5.09 Å². The van der Waals surface area contributed by atoms with E-state index in [1.54, 1.807) is 7.05 Å². The van der Waals surface area contributed by atoms with E-state index in [2.05, 4.69) is 9.99 Å². The standard InChI is InChI=1S/C17H35N2O5PS/c1-16(2,3)24-25(21,18-6)26-14-13-23-15(20)17(4,5)7-8-19-9-11-22-12-10-19/h7-14H2,1-6H3,(H,18,21). The van der Waals surface area contributed by atoms with Crippen LogP contribution in [0, 0.1) is 5.41 Å². The predicted octanol–water partition coefficient (Wildman–Crippen LogP) is 3.15. The van der Waals surface area contributed by atoms with Gasteiger partial charge in [-0.2, -0.15) is 0 Å². The fourth-order valence-electron chi connectivity index (χ4n) is 2.35. The van der Waals surface area contributed by atoms with Crippen molar-refractivity contribution in [1.82, 2.24) is 9.99 Å². The van der Waals surface area contributed by atoms with Crippen LogP contribution in [0.3, 0.4) is 0 Å². The highest BCUT2D eigenvalue weighted by Crippen LogP contribution is 2.57. The zero-order valence-electron chi connectivity index (χ0n) is 17.0. The van der Waals surface area contributed by atoms with Crippen LogP contribution >= 0.6 is 18.1 Å². The highest BCUT2D eigenvalue weighted by atomic mass is 32.7. The Hall–Kier alpha value is -0.110. The molecule has 26 heavy (non-hydrogen) atoms. The molecule has 9 heteroatoms. The van der Waals surface area contributed by atoms with Crippen molar-refractivity contribution < 1.29 is 23.4 Å². The van der Waals surface area contributed by atoms with Crippen LogP contribution in [0.2, 0.25) is 0 Å². The average molecular weight is 411 g/mol. The van der Waals surface area contributed by atoms with Crippen LogP contribution in [0.4, 0.5) is 0 Å². The molecule has 0 aliphatic carbocycles. The van der Waals surface area contributed by atoms with E-state index >= 15 is 0 Å². The van der Waals surface area contributed by atoms with Crippen molar-refractivity contribution >= 4 is 24.1 Å². The van der Waals surface area contributed by atoms with Crippen molar-refractivity contribution in [2.45, 2.75) is 46.6 Å². The van der Waals surface area contributed by atoms with Gasteiger partial charge in [0.25, 0.3) is 0 Å². The van der Waals surface area contributed by atoms with Crippen molar-refractivity contribution in [3.8, 4) is 0 Å². The van der Waals surface area contributed by atoms with Crippen LogP contribution in [0.5, 0.6) is 0 Å². The van der Waals surface area contributed by atoms with Gasteiger partial charge in [0.05, 0.1) is 24.2 Å². The van der Waals surface area contributed by atoms with Gasteiger partial charge in [0, 0.05) is 18.8 Å². The van der Waals surface area contributed by atoms with Gasteiger partial charge in [-0.3, -0.25) is 14.3 Å². The first-order chi connectivity index (χ1) is 12.0. The number of esters is 1. The fraction of sp³-hybridized carbons (Fsp3) is 0.941. The summed E-state index contributed by atoms with van der Waals surface area (Å²) < 4.78 is 28.9. The molecule has 1 rings (SSSR count). The van der Waals surface area contributed by atoms with Crippen molar-refractivity contribution in [2.24, 2.45) is 5.41 Å². The van der Waals surface area contributed by atoms with E-state index in [-0.39, 0.29) is 12.6 Å². The van der Waals surface area contributed by atoms with Crippen LogP contribution in [0.15, 0.2) is 0 Å². The van der Waals surface area contributed by atoms with Gasteiger partial charge in [-0.05, 0) is 54.6 Å². The summed E-state index contributed by atoms with van der Waals surface area (Å²) >= 11 is 1.16. The van der Waals surface area contributed by atoms with Crippen LogP contribution < -0.4 is 5.09 Å². The zero-order valence-corrected chi connectivity index (χ0v) is 18.7. The molecule has 1 aliphatic rings. The minimum Gasteiger partial charge on any atom is -0.464 e. The molecule has 0 aromatic carbocycles. The Morgan fingerprint density at radius 1 is 1.23 bits per heavy atom. The number of hydrogen-bond donors (Lipinski definition) is 1. The largest absolute Gasteiger partial charge is 0.464 e. The Bertz CT molecular complexity index is 490. The van der Waals surface area contributed by atoms with Gasteiger partial charge >= 0.3 is 12.7 Å². The highest BCUT2D eigenvalue weighted by Gasteiger charge is 2.31. The molecule has 154 valence electrons. The molecule has 0 bridgehead atoms. The van der Waals surface area contributed by atoms with E-state index in [9.17, 15) is 9.36 Å². The Morgan fingerprint density at radius 2 is 1.85 bits per heavy atom. The summed E-state index contributed by atoms with van der Waals surface area (Å²) in [7, 11) is 1.61. The fourth-order valence-corrected chi connectivity index (χ4v) is 5.90. The number of ether oxygens (including phenoxy) is 2. The second-order valence-electron chi connectivity index (χ2n) is 7.98. The van der Waals surface area contributed by atoms with Crippen molar-refractivity contribution in [3.63, 3.8) is 0 Å². The van der Waals surface area contributed by atoms with Gasteiger partial charge in [-0.15, -0.1) is 0 Å². The molecule has 0 aromatic rings. The number of hydrogen-bond acceptors (Lipinski definition) is 7. The van der Waals surface area contributed by atoms with Crippen LogP contribution in [-0.2, 0) is 23.4 Å². The number of carbonyl (C=O) groups excluding carboxylic acids is 1. The highest BCUT2D eigenvalue weighted by molar-refractivity contribution is 8.56. The van der Waals surface area contributed by atoms with Gasteiger partial charge in [0.15, 0.2) is 0 Å². The SMILES string of the molecule is CNP(=O)(OC(C)(C)C)SCCOC(=O)C(C)(C)CCN1CCOCC1. The Labute approximate surface area is 162 Å². The molecule has 0 amide bonds. The van der Waals surface area contributed by atoms with Crippen LogP contribution in [0.25, 0.3) is 0 Å². The summed E-state index contributed by atoms with van der Waals surface area (Å²) in [5.41, 5.74) is -1.05. The molecule has 1 N–H and O–H groups in total. The molecule has 1 saturated heterocycles. The van der Waals surface area contributed by atoms with Crippen molar-refractivity contribution in [3.05, 3.63) is 0 Å². The summed E-state index contributed by atoms with van der Waals surface area (Å²) in [5, 5.41) is 2.75. The molecule has 0 spiro atoms. The molecule has 1 atom stereocenters. The Balaban J connectivity index is 2.33. The lowest BCUT2D eigenvalue weighted by molar-refractivity contribution is -0.153. The summed E-state index contributed by atoms with van der Waals surface area (Å²) in [6.07, 6.45) is 0.737. The molecule has 1 unspecified atom stereocenters. The second-order valence-corrected chi connectivity index (χ2v) is 12.5. The monoisotopic (exact) mass is 410 g/mol. The summed E-state index contributed by atoms with van der Waals surface area (Å²) in [6, 6.07) is 0. The number of nitrogens with zero attached hydrogens (tertiary/aromatic N) is 1. The van der Waals surface area contributed by atoms with Gasteiger partial charge in [0.2, 0.25) is 0 Å². The third kappa shape index (κ3) is 9.20. The Kier molecular flexibility index (Phi) is 9.61. The molecule has 0 saturated carbocycles. The maximum atomic E-state index is 12.6. The van der Waals surface area contributed by atoms with E-state index in [1.807, 2.05) is 34.6 Å². The smallest absolute Gasteiger partial charge is 0.326 e. The van der Waals surface area contributed by atoms with E-state index in [0.29, 0.717) is 5.75 Å². The maximum Gasteiger partial charge on any atom is 0.326 e. The van der Waals surface area contributed by atoms with E-state index < -0.39 is 17.7 Å². The topological polar surface area (TPSA) is 77.1 Å². The van der Waals surface area contributed by atoms with Crippen molar-refractivity contribution in [2.75, 3.05) is 52.3 Å². The summed E-state index contributed by atoms with van der Waals surface area (Å²) in [6.45, 7) is 10.8. The number of carbonyl (C=O) groups is 1. The molecule has 1 aliphatic heterocycles. The summed E-state index contributed by atoms with van der Waals surface area (Å²) in [4.78, 5) is 14.7. The molecule has 1 fully saturated rings. The summed E-state index contributed by atoms with van der Waals surface area (Å²) in [5.74, 6) is 0.196. The third-order valence-corrected chi connectivity index (χ3v) is 8.32. The molecule has 0 radical (unpaired) electrons. The third-order valence-electron chi connectivity index (χ3n) is 3.95. The molecule has 1 heterocycles. The number of morpholine rings is 1. The lowest BCUT2D eigenvalue weighted by Crippen LogP contribution is -2.39. The normalized spacial score (nSPS) is 19.2. The number of nitrogens with one attached hydrogen (secondary N) is 1. The molecular formula is C17H35N2O5PS. The minimum absolute atomic E-state index is 0.212. The second kappa shape index (κ2) is 10.4. The van der Waals surface area contributed by atoms with E-state index in [1.165, 1.54) is 0 Å². The maximum absolute atomic E-state index is 12.6. The van der Waals surface area contributed by atoms with Crippen LogP contribution in [0.1, 0.15) is 41.0 Å². The minimum atomic E-state index is -3.00. The van der Waals surface area contributed by atoms with E-state index in [4.69, 9.17) is 14.0 Å². The zero-order chi connectivity index (χ0) is 19.8. The van der Waals surface area contributed by atoms with Gasteiger partial charge in [-0.1, -0.05) is 11.4 Å². The molecule has 0 aromatic heterocycles. The first-order valence-corrected chi connectivity index (χ1v) is 12.3. The predicted molar refractivity (Wildman–Crippen MR) is 107 cm³/mol. The first kappa shape index (κ1) is 23.9. The van der Waals surface area contributed by atoms with Crippen LogP contribution in [-0.4, -0.2) is 68.7 Å². The molecular weight excluding hydrogens is 375 g/mol. The first-order valence-electron chi connectivity index (χ1n) is 9.09. The van der Waals surface area contributed by atoms with Crippen molar-refractivity contribution in [1.29, 1.82) is 0 Å². The van der Waals surface area contributed by atoms with E-state index in [0.717, 1.165) is 50.7 Å². The lowest BCUT2D eigenvalue weighted by atomic mass is 9.89. The lowest BCUT2D eigenvalue weighted by Gasteiger charge is -2.30. The number of rotatable bonds is 10. The average Bonchev–Trinajstić information content (AvgIpc) is 2.56.